The number of aliphatic carboxylic acids is 1. The summed E-state index contributed by atoms with van der Waals surface area (Å²) in [5.41, 5.74) is 0. The molecule has 0 radical (unpaired) electrons. The summed E-state index contributed by atoms with van der Waals surface area (Å²) in [6.07, 6.45) is 0.410. The molecule has 12 heavy (non-hydrogen) atoms. The molecule has 2 atom stereocenters. The minimum atomic E-state index is -0.843. The molecule has 0 amide bonds. The number of hydrogen-bond acceptors (Lipinski definition) is 4. The van der Waals surface area contributed by atoms with Gasteiger partial charge in [-0.1, -0.05) is 0 Å². The normalized spacial score (nSPS) is 29.1. The van der Waals surface area contributed by atoms with Gasteiger partial charge in [0.25, 0.3) is 0 Å². The lowest BCUT2D eigenvalue weighted by Crippen LogP contribution is -2.29. The fourth-order valence-corrected chi connectivity index (χ4v) is 1.24. The lowest BCUT2D eigenvalue weighted by Gasteiger charge is -2.08. The zero-order chi connectivity index (χ0) is 8.97. The van der Waals surface area contributed by atoms with Gasteiger partial charge in [0.1, 0.15) is 6.04 Å². The van der Waals surface area contributed by atoms with E-state index in [0.717, 1.165) is 0 Å². The highest BCUT2D eigenvalue weighted by atomic mass is 16.5. The van der Waals surface area contributed by atoms with E-state index in [2.05, 4.69) is 5.32 Å². The second kappa shape index (κ2) is 4.39. The van der Waals surface area contributed by atoms with Gasteiger partial charge in [0, 0.05) is 13.0 Å². The average molecular weight is 175 g/mol. The predicted octanol–water partition coefficient (Wildman–Crippen LogP) is -1.19. The van der Waals surface area contributed by atoms with Crippen LogP contribution in [0.5, 0.6) is 0 Å². The van der Waals surface area contributed by atoms with Crippen molar-refractivity contribution < 1.29 is 19.7 Å². The molecule has 1 aliphatic heterocycles. The van der Waals surface area contributed by atoms with Gasteiger partial charge in [-0.25, -0.2) is 0 Å². The van der Waals surface area contributed by atoms with E-state index in [1.165, 1.54) is 0 Å². The molecular weight excluding hydrogens is 162 g/mol. The molecule has 1 aliphatic rings. The molecule has 1 heterocycles. The Balaban J connectivity index is 2.21. The van der Waals surface area contributed by atoms with Crippen molar-refractivity contribution in [2.75, 3.05) is 19.8 Å². The summed E-state index contributed by atoms with van der Waals surface area (Å²) in [5, 5.41) is 19.8. The SMILES string of the molecule is O=C(O)[C@@H]1C[C@H](OCCO)CN1. The molecule has 1 fully saturated rings. The molecule has 0 unspecified atom stereocenters. The van der Waals surface area contributed by atoms with Gasteiger partial charge in [-0.3, -0.25) is 4.79 Å². The summed E-state index contributed by atoms with van der Waals surface area (Å²) in [4.78, 5) is 10.5. The van der Waals surface area contributed by atoms with E-state index in [0.29, 0.717) is 13.0 Å². The van der Waals surface area contributed by atoms with Crippen molar-refractivity contribution in [3.05, 3.63) is 0 Å². The number of nitrogens with one attached hydrogen (secondary N) is 1. The molecule has 5 heteroatoms. The molecule has 0 aromatic heterocycles. The van der Waals surface area contributed by atoms with Crippen molar-refractivity contribution in [3.8, 4) is 0 Å². The quantitative estimate of drug-likeness (QED) is 0.500. The topological polar surface area (TPSA) is 78.8 Å². The van der Waals surface area contributed by atoms with Crippen LogP contribution in [0.2, 0.25) is 0 Å². The fraction of sp³-hybridized carbons (Fsp3) is 0.857. The first-order valence-electron chi connectivity index (χ1n) is 3.92. The molecule has 70 valence electrons. The fourth-order valence-electron chi connectivity index (χ4n) is 1.24. The largest absolute Gasteiger partial charge is 0.480 e. The minimum Gasteiger partial charge on any atom is -0.480 e. The molecule has 0 aromatic carbocycles. The predicted molar refractivity (Wildman–Crippen MR) is 40.9 cm³/mol. The van der Waals surface area contributed by atoms with Crippen LogP contribution in [0.3, 0.4) is 0 Å². The first-order chi connectivity index (χ1) is 5.74. The second-order valence-corrected chi connectivity index (χ2v) is 2.75. The van der Waals surface area contributed by atoms with Gasteiger partial charge >= 0.3 is 5.97 Å². The Bertz CT molecular complexity index is 161. The number of hydrogen-bond donors (Lipinski definition) is 3. The van der Waals surface area contributed by atoms with Crippen LogP contribution < -0.4 is 5.32 Å². The number of aliphatic hydroxyl groups is 1. The van der Waals surface area contributed by atoms with E-state index in [1.54, 1.807) is 0 Å². The van der Waals surface area contributed by atoms with E-state index < -0.39 is 12.0 Å². The molecule has 1 rings (SSSR count). The number of carboxylic acids is 1. The molecule has 0 spiro atoms. The summed E-state index contributed by atoms with van der Waals surface area (Å²) in [5.74, 6) is -0.843. The Hall–Kier alpha value is -0.650. The van der Waals surface area contributed by atoms with Crippen molar-refractivity contribution in [2.24, 2.45) is 0 Å². The first kappa shape index (κ1) is 9.44. The minimum absolute atomic E-state index is 0.0196. The summed E-state index contributed by atoms with van der Waals surface area (Å²) in [6, 6.07) is -0.492. The molecule has 5 nitrogen and oxygen atoms in total. The summed E-state index contributed by atoms with van der Waals surface area (Å²) < 4.78 is 5.16. The Morgan fingerprint density at radius 3 is 2.92 bits per heavy atom. The number of rotatable bonds is 4. The van der Waals surface area contributed by atoms with Gasteiger partial charge in [0.15, 0.2) is 0 Å². The Morgan fingerprint density at radius 2 is 2.42 bits per heavy atom. The third kappa shape index (κ3) is 2.44. The van der Waals surface area contributed by atoms with E-state index in [9.17, 15) is 4.79 Å². The maximum absolute atomic E-state index is 10.5. The lowest BCUT2D eigenvalue weighted by atomic mass is 10.2. The monoisotopic (exact) mass is 175 g/mol. The van der Waals surface area contributed by atoms with Crippen molar-refractivity contribution >= 4 is 5.97 Å². The number of carboxylic acid groups (broad SMARTS) is 1. The number of carbonyl (C=O) groups is 1. The molecule has 1 saturated heterocycles. The van der Waals surface area contributed by atoms with Gasteiger partial charge in [0.2, 0.25) is 0 Å². The zero-order valence-corrected chi connectivity index (χ0v) is 6.69. The van der Waals surface area contributed by atoms with Crippen LogP contribution in [0.15, 0.2) is 0 Å². The maximum Gasteiger partial charge on any atom is 0.320 e. The van der Waals surface area contributed by atoms with Crippen molar-refractivity contribution in [2.45, 2.75) is 18.6 Å². The van der Waals surface area contributed by atoms with Gasteiger partial charge in [0.05, 0.1) is 19.3 Å². The highest BCUT2D eigenvalue weighted by molar-refractivity contribution is 5.73. The van der Waals surface area contributed by atoms with Crippen LogP contribution in [-0.2, 0) is 9.53 Å². The van der Waals surface area contributed by atoms with E-state index in [-0.39, 0.29) is 19.3 Å². The lowest BCUT2D eigenvalue weighted by molar-refractivity contribution is -0.139. The van der Waals surface area contributed by atoms with Crippen molar-refractivity contribution in [1.82, 2.24) is 5.32 Å². The third-order valence-corrected chi connectivity index (χ3v) is 1.83. The van der Waals surface area contributed by atoms with E-state index >= 15 is 0 Å². The summed E-state index contributed by atoms with van der Waals surface area (Å²) >= 11 is 0. The van der Waals surface area contributed by atoms with Gasteiger partial charge in [-0.05, 0) is 0 Å². The first-order valence-corrected chi connectivity index (χ1v) is 3.92. The standard InChI is InChI=1S/C7H13NO4/c9-1-2-12-5-3-6(7(10)11)8-4-5/h5-6,8-9H,1-4H2,(H,10,11)/t5-,6-/m0/s1. The van der Waals surface area contributed by atoms with Gasteiger partial charge < -0.3 is 20.3 Å². The maximum atomic E-state index is 10.5. The Kier molecular flexibility index (Phi) is 3.46. The van der Waals surface area contributed by atoms with Crippen LogP contribution in [-0.4, -0.2) is 48.1 Å². The van der Waals surface area contributed by atoms with Crippen LogP contribution in [0.25, 0.3) is 0 Å². The smallest absolute Gasteiger partial charge is 0.320 e. The van der Waals surface area contributed by atoms with Crippen molar-refractivity contribution in [3.63, 3.8) is 0 Å². The highest BCUT2D eigenvalue weighted by Gasteiger charge is 2.29. The van der Waals surface area contributed by atoms with E-state index in [4.69, 9.17) is 14.9 Å². The molecule has 3 N–H and O–H groups in total. The number of aliphatic hydroxyl groups excluding tert-OH is 1. The molecule has 0 saturated carbocycles. The molecular formula is C7H13NO4. The van der Waals surface area contributed by atoms with Gasteiger partial charge in [-0.15, -0.1) is 0 Å². The Labute approximate surface area is 70.3 Å². The van der Waals surface area contributed by atoms with Crippen LogP contribution in [0.4, 0.5) is 0 Å². The molecule has 0 bridgehead atoms. The summed E-state index contributed by atoms with van der Waals surface area (Å²) in [6.45, 7) is 0.809. The van der Waals surface area contributed by atoms with Crippen LogP contribution in [0, 0.1) is 0 Å². The summed E-state index contributed by atoms with van der Waals surface area (Å²) in [7, 11) is 0. The van der Waals surface area contributed by atoms with Crippen LogP contribution >= 0.6 is 0 Å². The zero-order valence-electron chi connectivity index (χ0n) is 6.69. The Morgan fingerprint density at radius 1 is 1.67 bits per heavy atom. The third-order valence-electron chi connectivity index (χ3n) is 1.83. The second-order valence-electron chi connectivity index (χ2n) is 2.75. The van der Waals surface area contributed by atoms with E-state index in [1.807, 2.05) is 0 Å². The van der Waals surface area contributed by atoms with Gasteiger partial charge in [-0.2, -0.15) is 0 Å². The molecule has 0 aromatic rings. The molecule has 0 aliphatic carbocycles. The average Bonchev–Trinajstić information content (AvgIpc) is 2.48. The highest BCUT2D eigenvalue weighted by Crippen LogP contribution is 2.09. The number of ether oxygens (including phenoxy) is 1. The van der Waals surface area contributed by atoms with Crippen LogP contribution in [0.1, 0.15) is 6.42 Å². The van der Waals surface area contributed by atoms with Crippen molar-refractivity contribution in [1.29, 1.82) is 0 Å².